The van der Waals surface area contributed by atoms with Gasteiger partial charge in [0.15, 0.2) is 0 Å². The Morgan fingerprint density at radius 2 is 2.04 bits per heavy atom. The lowest BCUT2D eigenvalue weighted by molar-refractivity contribution is -0.131. The zero-order chi connectivity index (χ0) is 17.1. The van der Waals surface area contributed by atoms with E-state index in [1.54, 1.807) is 24.1 Å². The van der Waals surface area contributed by atoms with Crippen molar-refractivity contribution in [2.24, 2.45) is 5.92 Å². The van der Waals surface area contributed by atoms with Gasteiger partial charge in [0, 0.05) is 23.5 Å². The predicted molar refractivity (Wildman–Crippen MR) is 94.5 cm³/mol. The molecule has 1 aliphatic rings. The lowest BCUT2D eigenvalue weighted by Gasteiger charge is -2.17. The van der Waals surface area contributed by atoms with Crippen molar-refractivity contribution in [3.63, 3.8) is 0 Å². The Morgan fingerprint density at radius 3 is 2.75 bits per heavy atom. The molecule has 1 amide bonds. The quantitative estimate of drug-likeness (QED) is 0.737. The predicted octanol–water partition coefficient (Wildman–Crippen LogP) is 4.23. The molecule has 1 fully saturated rings. The van der Waals surface area contributed by atoms with Crippen molar-refractivity contribution >= 4 is 21.8 Å². The molecule has 0 N–H and O–H groups in total. The summed E-state index contributed by atoms with van der Waals surface area (Å²) in [6, 6.07) is 14.2. The Bertz CT molecular complexity index is 720. The number of halogens is 2. The molecule has 0 saturated heterocycles. The van der Waals surface area contributed by atoms with Crippen molar-refractivity contribution in [1.29, 1.82) is 0 Å². The molecule has 0 spiro atoms. The highest BCUT2D eigenvalue weighted by Crippen LogP contribution is 2.48. The minimum absolute atomic E-state index is 0.0605. The van der Waals surface area contributed by atoms with Crippen LogP contribution >= 0.6 is 15.9 Å². The summed E-state index contributed by atoms with van der Waals surface area (Å²) in [6.07, 6.45) is 0.898. The van der Waals surface area contributed by atoms with Crippen LogP contribution in [0.15, 0.2) is 53.0 Å². The van der Waals surface area contributed by atoms with Crippen LogP contribution in [0.1, 0.15) is 17.9 Å². The van der Waals surface area contributed by atoms with Crippen molar-refractivity contribution < 1.29 is 13.9 Å². The molecule has 0 radical (unpaired) electrons. The van der Waals surface area contributed by atoms with Gasteiger partial charge in [-0.25, -0.2) is 4.39 Å². The van der Waals surface area contributed by atoms with Crippen molar-refractivity contribution in [2.45, 2.75) is 12.3 Å². The van der Waals surface area contributed by atoms with Crippen LogP contribution in [0.4, 0.5) is 4.39 Å². The minimum Gasteiger partial charge on any atom is -0.492 e. The maximum Gasteiger partial charge on any atom is 0.226 e. The SMILES string of the molecule is CN(CCOc1cccc(F)c1)C(=O)[C@@H]1C[C@H]1c1ccc(Br)cc1. The van der Waals surface area contributed by atoms with Crippen LogP contribution in [0.2, 0.25) is 0 Å². The first-order chi connectivity index (χ1) is 11.5. The summed E-state index contributed by atoms with van der Waals surface area (Å²) in [5.74, 6) is 0.676. The molecule has 24 heavy (non-hydrogen) atoms. The van der Waals surface area contributed by atoms with E-state index < -0.39 is 0 Å². The first-order valence-electron chi connectivity index (χ1n) is 7.93. The summed E-state index contributed by atoms with van der Waals surface area (Å²) in [5, 5.41) is 0. The van der Waals surface area contributed by atoms with Gasteiger partial charge in [-0.3, -0.25) is 4.79 Å². The zero-order valence-corrected chi connectivity index (χ0v) is 15.0. The van der Waals surface area contributed by atoms with E-state index >= 15 is 0 Å². The molecule has 2 atom stereocenters. The molecular weight excluding hydrogens is 373 g/mol. The Kier molecular flexibility index (Phi) is 5.19. The number of nitrogens with zero attached hydrogens (tertiary/aromatic N) is 1. The molecule has 5 heteroatoms. The number of likely N-dealkylation sites (N-methyl/N-ethyl adjacent to an activating group) is 1. The van der Waals surface area contributed by atoms with Gasteiger partial charge >= 0.3 is 0 Å². The minimum atomic E-state index is -0.327. The third kappa shape index (κ3) is 4.15. The third-order valence-electron chi connectivity index (χ3n) is 4.27. The van der Waals surface area contributed by atoms with Crippen LogP contribution in [-0.2, 0) is 4.79 Å². The fraction of sp³-hybridized carbons (Fsp3) is 0.316. The monoisotopic (exact) mass is 391 g/mol. The van der Waals surface area contributed by atoms with E-state index in [-0.39, 0.29) is 17.6 Å². The summed E-state index contributed by atoms with van der Waals surface area (Å²) < 4.78 is 19.6. The van der Waals surface area contributed by atoms with Crippen LogP contribution in [0.3, 0.4) is 0 Å². The zero-order valence-electron chi connectivity index (χ0n) is 13.4. The van der Waals surface area contributed by atoms with E-state index in [1.807, 2.05) is 12.1 Å². The van der Waals surface area contributed by atoms with E-state index in [4.69, 9.17) is 4.74 Å². The summed E-state index contributed by atoms with van der Waals surface area (Å²) in [7, 11) is 1.79. The van der Waals surface area contributed by atoms with Gasteiger partial charge in [0.05, 0.1) is 6.54 Å². The first-order valence-corrected chi connectivity index (χ1v) is 8.72. The summed E-state index contributed by atoms with van der Waals surface area (Å²) >= 11 is 3.42. The molecule has 126 valence electrons. The van der Waals surface area contributed by atoms with Gasteiger partial charge in [0.2, 0.25) is 5.91 Å². The highest BCUT2D eigenvalue weighted by Gasteiger charge is 2.44. The molecule has 3 rings (SSSR count). The number of hydrogen-bond acceptors (Lipinski definition) is 2. The fourth-order valence-corrected chi connectivity index (χ4v) is 3.06. The molecule has 2 aromatic carbocycles. The molecule has 0 aromatic heterocycles. The van der Waals surface area contributed by atoms with Gasteiger partial charge in [-0.05, 0) is 42.2 Å². The maximum absolute atomic E-state index is 13.1. The van der Waals surface area contributed by atoms with E-state index in [9.17, 15) is 9.18 Å². The van der Waals surface area contributed by atoms with E-state index in [2.05, 4.69) is 28.1 Å². The summed E-state index contributed by atoms with van der Waals surface area (Å²) in [4.78, 5) is 14.2. The first kappa shape index (κ1) is 17.0. The average molecular weight is 392 g/mol. The van der Waals surface area contributed by atoms with Crippen LogP contribution in [0, 0.1) is 11.7 Å². The van der Waals surface area contributed by atoms with Gasteiger partial charge in [-0.1, -0.05) is 34.1 Å². The second kappa shape index (κ2) is 7.34. The molecule has 0 bridgehead atoms. The van der Waals surface area contributed by atoms with E-state index in [0.29, 0.717) is 24.8 Å². The third-order valence-corrected chi connectivity index (χ3v) is 4.80. The number of carbonyl (C=O) groups excluding carboxylic acids is 1. The Morgan fingerprint density at radius 1 is 1.29 bits per heavy atom. The largest absolute Gasteiger partial charge is 0.492 e. The summed E-state index contributed by atoms with van der Waals surface area (Å²) in [5.41, 5.74) is 1.21. The van der Waals surface area contributed by atoms with Crippen LogP contribution < -0.4 is 4.74 Å². The Labute approximate surface area is 149 Å². The number of amides is 1. The van der Waals surface area contributed by atoms with Crippen LogP contribution in [-0.4, -0.2) is 31.0 Å². The number of benzene rings is 2. The number of carbonyl (C=O) groups is 1. The van der Waals surface area contributed by atoms with Crippen molar-refractivity contribution in [1.82, 2.24) is 4.90 Å². The number of ether oxygens (including phenoxy) is 1. The standard InChI is InChI=1S/C19H19BrFNO2/c1-22(9-10-24-16-4-2-3-15(21)11-16)19(23)18-12-17(18)13-5-7-14(20)8-6-13/h2-8,11,17-18H,9-10,12H2,1H3/t17-,18+/m0/s1. The van der Waals surface area contributed by atoms with Crippen molar-refractivity contribution in [2.75, 3.05) is 20.2 Å². The molecule has 1 saturated carbocycles. The smallest absolute Gasteiger partial charge is 0.226 e. The molecule has 2 aromatic rings. The molecule has 3 nitrogen and oxygen atoms in total. The normalized spacial score (nSPS) is 19.0. The Hall–Kier alpha value is -1.88. The lowest BCUT2D eigenvalue weighted by Crippen LogP contribution is -2.32. The van der Waals surface area contributed by atoms with Crippen molar-refractivity contribution in [3.8, 4) is 5.75 Å². The van der Waals surface area contributed by atoms with Gasteiger partial charge < -0.3 is 9.64 Å². The molecular formula is C19H19BrFNO2. The molecule has 0 unspecified atom stereocenters. The number of rotatable bonds is 6. The molecule has 0 heterocycles. The second-order valence-electron chi connectivity index (χ2n) is 6.07. The van der Waals surface area contributed by atoms with Gasteiger partial charge in [0.25, 0.3) is 0 Å². The highest BCUT2D eigenvalue weighted by molar-refractivity contribution is 9.10. The highest BCUT2D eigenvalue weighted by atomic mass is 79.9. The van der Waals surface area contributed by atoms with Crippen molar-refractivity contribution in [3.05, 3.63) is 64.4 Å². The Balaban J connectivity index is 1.46. The molecule has 0 aliphatic heterocycles. The topological polar surface area (TPSA) is 29.5 Å². The van der Waals surface area contributed by atoms with Crippen LogP contribution in [0.25, 0.3) is 0 Å². The molecule has 1 aliphatic carbocycles. The van der Waals surface area contributed by atoms with Gasteiger partial charge in [-0.2, -0.15) is 0 Å². The van der Waals surface area contributed by atoms with Gasteiger partial charge in [0.1, 0.15) is 18.2 Å². The lowest BCUT2D eigenvalue weighted by atomic mass is 10.1. The average Bonchev–Trinajstić information content (AvgIpc) is 3.35. The van der Waals surface area contributed by atoms with E-state index in [0.717, 1.165) is 10.9 Å². The second-order valence-corrected chi connectivity index (χ2v) is 6.98. The summed E-state index contributed by atoms with van der Waals surface area (Å²) in [6.45, 7) is 0.834. The number of hydrogen-bond donors (Lipinski definition) is 0. The van der Waals surface area contributed by atoms with Gasteiger partial charge in [-0.15, -0.1) is 0 Å². The fourth-order valence-electron chi connectivity index (χ4n) is 2.80. The van der Waals surface area contributed by atoms with Crippen LogP contribution in [0.5, 0.6) is 5.75 Å². The van der Waals surface area contributed by atoms with E-state index in [1.165, 1.54) is 17.7 Å². The maximum atomic E-state index is 13.1.